The summed E-state index contributed by atoms with van der Waals surface area (Å²) in [4.78, 5) is 9.26. The first-order chi connectivity index (χ1) is 17.3. The number of anilines is 2. The molecule has 0 saturated carbocycles. The van der Waals surface area contributed by atoms with Crippen LogP contribution >= 0.6 is 11.5 Å². The molecule has 0 aliphatic heterocycles. The van der Waals surface area contributed by atoms with Gasteiger partial charge in [0.1, 0.15) is 5.00 Å². The molecule has 0 amide bonds. The van der Waals surface area contributed by atoms with Crippen molar-refractivity contribution in [3.05, 3.63) is 53.9 Å². The lowest BCUT2D eigenvalue weighted by atomic mass is 10.1. The summed E-state index contributed by atoms with van der Waals surface area (Å²) in [5.74, 6) is -1.66. The normalized spacial score (nSPS) is 12.2. The highest BCUT2D eigenvalue weighted by atomic mass is 32.1. The number of hydrogen-bond acceptors (Lipinski definition) is 6. The summed E-state index contributed by atoms with van der Waals surface area (Å²) in [6, 6.07) is 2.06. The highest BCUT2D eigenvalue weighted by molar-refractivity contribution is 7.10. The molecule has 9 heteroatoms. The smallest absolute Gasteiger partial charge is 0.248 e. The van der Waals surface area contributed by atoms with Gasteiger partial charge in [-0.15, -0.1) is 0 Å². The molecule has 3 aromatic heterocycles. The van der Waals surface area contributed by atoms with E-state index in [9.17, 15) is 8.78 Å². The second-order valence-electron chi connectivity index (χ2n) is 8.64. The second-order valence-corrected chi connectivity index (χ2v) is 9.44. The van der Waals surface area contributed by atoms with Crippen molar-refractivity contribution in [2.24, 2.45) is 0 Å². The third kappa shape index (κ3) is 8.69. The summed E-state index contributed by atoms with van der Waals surface area (Å²) in [6.45, 7) is 9.93. The SMILES string of the molecule is CC/C=C/C(=C\NC)c1cnc2c(Nc3cc(CC)ns3)nc(C)cn12.CCCCC(F)(F)CCC. The number of nitrogens with zero attached hydrogens (tertiary/aromatic N) is 4. The van der Waals surface area contributed by atoms with E-state index in [0.29, 0.717) is 12.8 Å². The minimum absolute atomic E-state index is 0.0486. The van der Waals surface area contributed by atoms with Crippen molar-refractivity contribution in [1.82, 2.24) is 24.1 Å². The zero-order valence-electron chi connectivity index (χ0n) is 22.4. The van der Waals surface area contributed by atoms with Crippen molar-refractivity contribution in [2.75, 3.05) is 12.4 Å². The molecule has 0 fully saturated rings. The predicted octanol–water partition coefficient (Wildman–Crippen LogP) is 7.94. The van der Waals surface area contributed by atoms with E-state index in [1.165, 1.54) is 11.5 Å². The van der Waals surface area contributed by atoms with E-state index in [4.69, 9.17) is 0 Å². The third-order valence-electron chi connectivity index (χ3n) is 5.42. The number of halogens is 2. The van der Waals surface area contributed by atoms with Crippen LogP contribution in [0.3, 0.4) is 0 Å². The van der Waals surface area contributed by atoms with Crippen LogP contribution in [0.1, 0.15) is 83.3 Å². The van der Waals surface area contributed by atoms with E-state index in [1.54, 1.807) is 6.92 Å². The van der Waals surface area contributed by atoms with E-state index in [0.717, 1.165) is 58.4 Å². The first-order valence-corrected chi connectivity index (χ1v) is 13.5. The van der Waals surface area contributed by atoms with E-state index in [2.05, 4.69) is 61.4 Å². The Morgan fingerprint density at radius 3 is 2.56 bits per heavy atom. The summed E-state index contributed by atoms with van der Waals surface area (Å²) < 4.78 is 31.7. The average Bonchev–Trinajstić information content (AvgIpc) is 3.48. The van der Waals surface area contributed by atoms with E-state index < -0.39 is 5.92 Å². The van der Waals surface area contributed by atoms with Gasteiger partial charge in [0.15, 0.2) is 11.5 Å². The van der Waals surface area contributed by atoms with Crippen LogP contribution in [-0.2, 0) is 6.42 Å². The average molecular weight is 519 g/mol. The van der Waals surface area contributed by atoms with Crippen LogP contribution < -0.4 is 10.6 Å². The van der Waals surface area contributed by atoms with Gasteiger partial charge in [0.25, 0.3) is 0 Å². The lowest BCUT2D eigenvalue weighted by molar-refractivity contribution is -0.0186. The monoisotopic (exact) mass is 518 g/mol. The Bertz CT molecular complexity index is 1130. The van der Waals surface area contributed by atoms with Gasteiger partial charge in [0.2, 0.25) is 5.92 Å². The molecule has 36 heavy (non-hydrogen) atoms. The minimum atomic E-state index is -2.40. The first-order valence-electron chi connectivity index (χ1n) is 12.8. The molecule has 0 spiro atoms. The number of hydrogen-bond donors (Lipinski definition) is 2. The van der Waals surface area contributed by atoms with Crippen molar-refractivity contribution >= 4 is 33.6 Å². The van der Waals surface area contributed by atoms with Gasteiger partial charge in [0, 0.05) is 37.9 Å². The van der Waals surface area contributed by atoms with Gasteiger partial charge in [-0.2, -0.15) is 4.37 Å². The molecule has 0 aromatic carbocycles. The van der Waals surface area contributed by atoms with Gasteiger partial charge in [0.05, 0.1) is 23.3 Å². The van der Waals surface area contributed by atoms with Crippen molar-refractivity contribution in [2.45, 2.75) is 85.5 Å². The standard InChI is InChI=1S/C19H24N6S.C8H16F2/c1-5-7-8-14(10-20-4)16-11-21-19-18(22-13(3)12-25(16)19)23-17-9-15(6-2)24-26-17;1-3-5-7-8(9,10)6-4-2/h7-12,20H,5-6H2,1-4H3,(H,22,23);3-7H2,1-2H3/b8-7+,14-10+;. The molecular formula is C27H40F2N6S. The van der Waals surface area contributed by atoms with Gasteiger partial charge < -0.3 is 10.6 Å². The molecule has 3 heterocycles. The molecule has 0 radical (unpaired) electrons. The first kappa shape index (κ1) is 29.4. The molecule has 0 unspecified atom stereocenters. The maximum absolute atomic E-state index is 12.6. The molecule has 2 N–H and O–H groups in total. The fourth-order valence-corrected chi connectivity index (χ4v) is 4.32. The van der Waals surface area contributed by atoms with Crippen LogP contribution in [0.15, 0.2) is 36.8 Å². The van der Waals surface area contributed by atoms with Crippen LogP contribution in [0.5, 0.6) is 0 Å². The van der Waals surface area contributed by atoms with Gasteiger partial charge in [-0.1, -0.05) is 52.7 Å². The quantitative estimate of drug-likeness (QED) is 0.238. The minimum Gasteiger partial charge on any atom is -0.393 e. The fourth-order valence-electron chi connectivity index (χ4n) is 3.59. The summed E-state index contributed by atoms with van der Waals surface area (Å²) in [7, 11) is 1.90. The molecule has 0 aliphatic carbocycles. The summed E-state index contributed by atoms with van der Waals surface area (Å²) in [5, 5.41) is 7.47. The second kappa shape index (κ2) is 14.7. The van der Waals surface area contributed by atoms with Gasteiger partial charge >= 0.3 is 0 Å². The topological polar surface area (TPSA) is 67.1 Å². The fraction of sp³-hybridized carbons (Fsp3) is 0.519. The molecule has 3 aromatic rings. The van der Waals surface area contributed by atoms with Crippen LogP contribution in [0.4, 0.5) is 19.6 Å². The molecule has 0 aliphatic rings. The molecular weight excluding hydrogens is 478 g/mol. The van der Waals surface area contributed by atoms with Crippen molar-refractivity contribution in [1.29, 1.82) is 0 Å². The van der Waals surface area contributed by atoms with Gasteiger partial charge in [-0.3, -0.25) is 4.40 Å². The summed E-state index contributed by atoms with van der Waals surface area (Å²) in [5.41, 5.74) is 4.89. The number of aryl methyl sites for hydroxylation is 2. The Labute approximate surface area is 218 Å². The predicted molar refractivity (Wildman–Crippen MR) is 148 cm³/mol. The highest BCUT2D eigenvalue weighted by Crippen LogP contribution is 2.27. The van der Waals surface area contributed by atoms with Crippen molar-refractivity contribution in [3.8, 4) is 0 Å². The molecule has 3 rings (SSSR count). The number of unbranched alkanes of at least 4 members (excludes halogenated alkanes) is 1. The maximum atomic E-state index is 12.6. The van der Waals surface area contributed by atoms with Crippen LogP contribution in [0, 0.1) is 6.92 Å². The number of aromatic nitrogens is 4. The molecule has 0 saturated heterocycles. The van der Waals surface area contributed by atoms with Crippen molar-refractivity contribution < 1.29 is 8.78 Å². The molecule has 0 atom stereocenters. The number of fused-ring (bicyclic) bond motifs is 1. The number of nitrogens with one attached hydrogen (secondary N) is 2. The Balaban J connectivity index is 0.000000388. The zero-order valence-corrected chi connectivity index (χ0v) is 23.2. The number of rotatable bonds is 12. The number of alkyl halides is 2. The van der Waals surface area contributed by atoms with Gasteiger partial charge in [-0.05, 0) is 43.8 Å². The van der Waals surface area contributed by atoms with Crippen LogP contribution in [0.25, 0.3) is 11.2 Å². The Kier molecular flexibility index (Phi) is 12.0. The summed E-state index contributed by atoms with van der Waals surface area (Å²) in [6.07, 6.45) is 14.2. The molecule has 198 valence electrons. The molecule has 0 bridgehead atoms. The summed E-state index contributed by atoms with van der Waals surface area (Å²) >= 11 is 1.45. The van der Waals surface area contributed by atoms with E-state index in [-0.39, 0.29) is 12.8 Å². The van der Waals surface area contributed by atoms with Crippen molar-refractivity contribution in [3.63, 3.8) is 0 Å². The Morgan fingerprint density at radius 1 is 1.17 bits per heavy atom. The molecule has 6 nitrogen and oxygen atoms in total. The highest BCUT2D eigenvalue weighted by Gasteiger charge is 2.25. The third-order valence-corrected chi connectivity index (χ3v) is 6.16. The van der Waals surface area contributed by atoms with E-state index in [1.807, 2.05) is 39.5 Å². The lowest BCUT2D eigenvalue weighted by Crippen LogP contribution is -2.14. The van der Waals surface area contributed by atoms with Gasteiger partial charge in [-0.25, -0.2) is 18.7 Å². The van der Waals surface area contributed by atoms with E-state index >= 15 is 0 Å². The number of imidazole rings is 1. The van der Waals surface area contributed by atoms with Crippen LogP contribution in [0.2, 0.25) is 0 Å². The largest absolute Gasteiger partial charge is 0.393 e. The maximum Gasteiger partial charge on any atom is 0.248 e. The Morgan fingerprint density at radius 2 is 1.94 bits per heavy atom. The number of allylic oxidation sites excluding steroid dienone is 3. The Hall–Kier alpha value is -2.81. The zero-order chi connectivity index (χ0) is 26.6. The lowest BCUT2D eigenvalue weighted by Gasteiger charge is -2.13. The van der Waals surface area contributed by atoms with Crippen LogP contribution in [-0.4, -0.2) is 31.7 Å².